The number of rotatable bonds is 5. The van der Waals surface area contributed by atoms with Crippen LogP contribution in [0.5, 0.6) is 0 Å². The van der Waals surface area contributed by atoms with E-state index in [1.807, 2.05) is 59.5 Å². The molecule has 2 heterocycles. The molecule has 0 bridgehead atoms. The van der Waals surface area contributed by atoms with Crippen LogP contribution in [-0.2, 0) is 20.9 Å². The zero-order valence-corrected chi connectivity index (χ0v) is 17.0. The van der Waals surface area contributed by atoms with Crippen molar-refractivity contribution in [2.24, 2.45) is 0 Å². The summed E-state index contributed by atoms with van der Waals surface area (Å²) in [7, 11) is 0. The maximum absolute atomic E-state index is 12.8. The van der Waals surface area contributed by atoms with E-state index in [1.165, 1.54) is 6.92 Å². The maximum atomic E-state index is 12.8. The molecule has 1 atom stereocenters. The van der Waals surface area contributed by atoms with Crippen molar-refractivity contribution in [3.05, 3.63) is 71.4 Å². The lowest BCUT2D eigenvalue weighted by Gasteiger charge is -2.32. The second-order valence-electron chi connectivity index (χ2n) is 7.76. The molecule has 0 saturated carbocycles. The first kappa shape index (κ1) is 19.9. The molecule has 4 rings (SSSR count). The summed E-state index contributed by atoms with van der Waals surface area (Å²) < 4.78 is 0. The van der Waals surface area contributed by atoms with Gasteiger partial charge in [-0.25, -0.2) is 0 Å². The number of hydrogen-bond acceptors (Lipinski definition) is 3. The lowest BCUT2D eigenvalue weighted by atomic mass is 9.93. The third-order valence-corrected chi connectivity index (χ3v) is 5.60. The molecule has 6 nitrogen and oxygen atoms in total. The molecule has 2 aliphatic heterocycles. The number of amides is 3. The highest BCUT2D eigenvalue weighted by Gasteiger charge is 2.28. The van der Waals surface area contributed by atoms with Gasteiger partial charge in [0, 0.05) is 38.3 Å². The van der Waals surface area contributed by atoms with Crippen LogP contribution in [0.15, 0.2) is 54.7 Å². The first-order chi connectivity index (χ1) is 14.5. The first-order valence-electron chi connectivity index (χ1n) is 10.2. The minimum absolute atomic E-state index is 0.101. The lowest BCUT2D eigenvalue weighted by Crippen LogP contribution is -2.33. The molecule has 2 aromatic rings. The van der Waals surface area contributed by atoms with E-state index in [9.17, 15) is 14.4 Å². The fourth-order valence-corrected chi connectivity index (χ4v) is 4.14. The standard InChI is InChI=1S/C24H25N3O3/c1-17(28)27-13-11-19-7-2-3-9-21(19)22(27)15-23(29)25-20-8-4-6-18(14-20)16-26-12-5-10-24(26)30/h2-4,6-9,11,13-14,22H,5,10,12,15-16H2,1H3,(H,25,29)/t22-/m1/s1. The third kappa shape index (κ3) is 4.27. The molecule has 3 amide bonds. The van der Waals surface area contributed by atoms with Gasteiger partial charge in [0.1, 0.15) is 0 Å². The number of carbonyl (C=O) groups is 3. The Hall–Kier alpha value is -3.41. The smallest absolute Gasteiger partial charge is 0.226 e. The van der Waals surface area contributed by atoms with E-state index in [2.05, 4.69) is 5.32 Å². The molecule has 0 spiro atoms. The molecule has 0 radical (unpaired) electrons. The SMILES string of the molecule is CC(=O)N1C=Cc2ccccc2[C@H]1CC(=O)Nc1cccc(CN2CCCC2=O)c1. The van der Waals surface area contributed by atoms with Crippen molar-refractivity contribution in [1.82, 2.24) is 9.80 Å². The Morgan fingerprint density at radius 2 is 1.97 bits per heavy atom. The Bertz CT molecular complexity index is 1010. The van der Waals surface area contributed by atoms with E-state index in [0.29, 0.717) is 18.7 Å². The molecule has 2 aliphatic rings. The summed E-state index contributed by atoms with van der Waals surface area (Å²) in [5, 5.41) is 2.95. The lowest BCUT2D eigenvalue weighted by molar-refractivity contribution is -0.129. The molecule has 30 heavy (non-hydrogen) atoms. The normalized spacial score (nSPS) is 17.8. The van der Waals surface area contributed by atoms with Crippen molar-refractivity contribution in [3.63, 3.8) is 0 Å². The number of hydrogen-bond donors (Lipinski definition) is 1. The first-order valence-corrected chi connectivity index (χ1v) is 10.2. The van der Waals surface area contributed by atoms with Gasteiger partial charge in [-0.05, 0) is 41.3 Å². The summed E-state index contributed by atoms with van der Waals surface area (Å²) in [5.41, 5.74) is 3.66. The van der Waals surface area contributed by atoms with Gasteiger partial charge in [-0.15, -0.1) is 0 Å². The number of likely N-dealkylation sites (tertiary alicyclic amines) is 1. The van der Waals surface area contributed by atoms with Gasteiger partial charge in [-0.1, -0.05) is 36.4 Å². The van der Waals surface area contributed by atoms with Crippen LogP contribution in [0, 0.1) is 0 Å². The summed E-state index contributed by atoms with van der Waals surface area (Å²) >= 11 is 0. The number of fused-ring (bicyclic) bond motifs is 1. The van der Waals surface area contributed by atoms with Crippen LogP contribution in [0.4, 0.5) is 5.69 Å². The molecule has 0 unspecified atom stereocenters. The maximum Gasteiger partial charge on any atom is 0.226 e. The summed E-state index contributed by atoms with van der Waals surface area (Å²) in [6.45, 7) is 2.85. The van der Waals surface area contributed by atoms with Crippen LogP contribution in [0.1, 0.15) is 48.9 Å². The van der Waals surface area contributed by atoms with Gasteiger partial charge in [-0.2, -0.15) is 0 Å². The average molecular weight is 403 g/mol. The number of nitrogens with one attached hydrogen (secondary N) is 1. The van der Waals surface area contributed by atoms with E-state index in [-0.39, 0.29) is 30.2 Å². The fraction of sp³-hybridized carbons (Fsp3) is 0.292. The summed E-state index contributed by atoms with van der Waals surface area (Å²) in [4.78, 5) is 40.3. The number of benzene rings is 2. The summed E-state index contributed by atoms with van der Waals surface area (Å²) in [6.07, 6.45) is 5.32. The van der Waals surface area contributed by atoms with Gasteiger partial charge in [0.25, 0.3) is 0 Å². The van der Waals surface area contributed by atoms with Crippen LogP contribution in [0.3, 0.4) is 0 Å². The topological polar surface area (TPSA) is 69.7 Å². The Morgan fingerprint density at radius 3 is 2.73 bits per heavy atom. The Balaban J connectivity index is 1.46. The van der Waals surface area contributed by atoms with Crippen LogP contribution >= 0.6 is 0 Å². The van der Waals surface area contributed by atoms with Crippen LogP contribution in [-0.4, -0.2) is 34.1 Å². The van der Waals surface area contributed by atoms with Crippen LogP contribution in [0.25, 0.3) is 6.08 Å². The number of carbonyl (C=O) groups excluding carboxylic acids is 3. The average Bonchev–Trinajstić information content (AvgIpc) is 3.12. The minimum atomic E-state index is -0.339. The fourth-order valence-electron chi connectivity index (χ4n) is 4.14. The van der Waals surface area contributed by atoms with Gasteiger partial charge in [-0.3, -0.25) is 14.4 Å². The quantitative estimate of drug-likeness (QED) is 0.827. The number of nitrogens with zero attached hydrogens (tertiary/aromatic N) is 2. The van der Waals surface area contributed by atoms with Gasteiger partial charge < -0.3 is 15.1 Å². The second-order valence-corrected chi connectivity index (χ2v) is 7.76. The zero-order valence-electron chi connectivity index (χ0n) is 17.0. The van der Waals surface area contributed by atoms with E-state index in [4.69, 9.17) is 0 Å². The molecule has 1 N–H and O–H groups in total. The highest BCUT2D eigenvalue weighted by atomic mass is 16.2. The highest BCUT2D eigenvalue weighted by molar-refractivity contribution is 5.92. The van der Waals surface area contributed by atoms with Crippen molar-refractivity contribution >= 4 is 29.5 Å². The molecule has 0 aliphatic carbocycles. The van der Waals surface area contributed by atoms with E-state index in [1.54, 1.807) is 11.1 Å². The van der Waals surface area contributed by atoms with Crippen LogP contribution in [0.2, 0.25) is 0 Å². The van der Waals surface area contributed by atoms with E-state index < -0.39 is 0 Å². The molecule has 1 saturated heterocycles. The monoisotopic (exact) mass is 403 g/mol. The Morgan fingerprint density at radius 1 is 1.13 bits per heavy atom. The minimum Gasteiger partial charge on any atom is -0.338 e. The van der Waals surface area contributed by atoms with E-state index >= 15 is 0 Å². The Kier molecular flexibility index (Phi) is 5.65. The zero-order chi connectivity index (χ0) is 21.1. The molecular weight excluding hydrogens is 378 g/mol. The van der Waals surface area contributed by atoms with Gasteiger partial charge >= 0.3 is 0 Å². The van der Waals surface area contributed by atoms with Crippen molar-refractivity contribution < 1.29 is 14.4 Å². The molecule has 2 aromatic carbocycles. The highest BCUT2D eigenvalue weighted by Crippen LogP contribution is 2.33. The van der Waals surface area contributed by atoms with Crippen molar-refractivity contribution in [1.29, 1.82) is 0 Å². The van der Waals surface area contributed by atoms with Crippen molar-refractivity contribution in [3.8, 4) is 0 Å². The molecule has 0 aromatic heterocycles. The van der Waals surface area contributed by atoms with Gasteiger partial charge in [0.15, 0.2) is 0 Å². The summed E-state index contributed by atoms with van der Waals surface area (Å²) in [5.74, 6) is -0.0839. The summed E-state index contributed by atoms with van der Waals surface area (Å²) in [6, 6.07) is 15.1. The van der Waals surface area contributed by atoms with Gasteiger partial charge in [0.05, 0.1) is 12.5 Å². The molecule has 1 fully saturated rings. The van der Waals surface area contributed by atoms with Crippen molar-refractivity contribution in [2.45, 2.75) is 38.8 Å². The number of anilines is 1. The predicted octanol–water partition coefficient (Wildman–Crippen LogP) is 3.71. The molecular formula is C24H25N3O3. The second kappa shape index (κ2) is 8.53. The van der Waals surface area contributed by atoms with Crippen molar-refractivity contribution in [2.75, 3.05) is 11.9 Å². The largest absolute Gasteiger partial charge is 0.338 e. The van der Waals surface area contributed by atoms with E-state index in [0.717, 1.165) is 29.7 Å². The molecule has 154 valence electrons. The molecule has 6 heteroatoms. The Labute approximate surface area is 176 Å². The predicted molar refractivity (Wildman–Crippen MR) is 115 cm³/mol. The van der Waals surface area contributed by atoms with Crippen LogP contribution < -0.4 is 5.32 Å². The third-order valence-electron chi connectivity index (χ3n) is 5.60. The van der Waals surface area contributed by atoms with Gasteiger partial charge in [0.2, 0.25) is 17.7 Å².